The van der Waals surface area contributed by atoms with Crippen LogP contribution in [0.2, 0.25) is 0 Å². The van der Waals surface area contributed by atoms with Crippen molar-refractivity contribution in [2.24, 2.45) is 0 Å². The van der Waals surface area contributed by atoms with Gasteiger partial charge in [0.15, 0.2) is 0 Å². The summed E-state index contributed by atoms with van der Waals surface area (Å²) in [6.07, 6.45) is 3.18. The van der Waals surface area contributed by atoms with Crippen LogP contribution < -0.4 is 5.32 Å². The minimum Gasteiger partial charge on any atom is -0.315 e. The van der Waals surface area contributed by atoms with Gasteiger partial charge >= 0.3 is 0 Å². The van der Waals surface area contributed by atoms with Gasteiger partial charge in [-0.3, -0.25) is 4.90 Å². The van der Waals surface area contributed by atoms with Crippen LogP contribution in [0.3, 0.4) is 0 Å². The van der Waals surface area contributed by atoms with Crippen LogP contribution in [0.1, 0.15) is 36.9 Å². The van der Waals surface area contributed by atoms with Gasteiger partial charge in [-0.1, -0.05) is 19.1 Å². The summed E-state index contributed by atoms with van der Waals surface area (Å²) in [7, 11) is 0. The Hall–Kier alpha value is -0.930. The van der Waals surface area contributed by atoms with Gasteiger partial charge in [-0.25, -0.2) is 4.39 Å². The highest BCUT2D eigenvalue weighted by molar-refractivity contribution is 5.35. The molecule has 1 aliphatic carbocycles. The molecule has 1 aliphatic heterocycles. The number of fused-ring (bicyclic) bond motifs is 1. The molecule has 1 saturated heterocycles. The average molecular weight is 248 g/mol. The molecule has 0 radical (unpaired) electrons. The predicted molar refractivity (Wildman–Crippen MR) is 71.1 cm³/mol. The van der Waals surface area contributed by atoms with E-state index in [9.17, 15) is 4.39 Å². The maximum Gasteiger partial charge on any atom is 0.126 e. The Labute approximate surface area is 108 Å². The van der Waals surface area contributed by atoms with E-state index in [4.69, 9.17) is 0 Å². The molecule has 1 N–H and O–H groups in total. The fourth-order valence-corrected chi connectivity index (χ4v) is 3.59. The zero-order valence-corrected chi connectivity index (χ0v) is 11.0. The van der Waals surface area contributed by atoms with Crippen LogP contribution in [-0.4, -0.2) is 30.6 Å². The normalized spacial score (nSPS) is 26.8. The van der Waals surface area contributed by atoms with Crippen LogP contribution in [0.4, 0.5) is 4.39 Å². The van der Waals surface area contributed by atoms with Gasteiger partial charge in [0.05, 0.1) is 0 Å². The number of nitrogens with zero attached hydrogens (tertiary/aromatic N) is 1. The highest BCUT2D eigenvalue weighted by Crippen LogP contribution is 2.38. The number of benzene rings is 1. The van der Waals surface area contributed by atoms with E-state index < -0.39 is 0 Å². The number of nitrogens with one attached hydrogen (secondary N) is 1. The van der Waals surface area contributed by atoms with Gasteiger partial charge in [0, 0.05) is 18.6 Å². The smallest absolute Gasteiger partial charge is 0.126 e. The largest absolute Gasteiger partial charge is 0.315 e. The molecule has 0 aromatic heterocycles. The number of rotatable bonds is 3. The zero-order chi connectivity index (χ0) is 12.5. The lowest BCUT2D eigenvalue weighted by Crippen LogP contribution is -2.38. The zero-order valence-electron chi connectivity index (χ0n) is 11.0. The SMILES string of the molecule is CCN(C1CCNC1)C1CCc2c(F)cccc21. The fraction of sp³-hybridized carbons (Fsp3) is 0.600. The molecule has 2 unspecified atom stereocenters. The molecule has 1 aromatic rings. The monoisotopic (exact) mass is 248 g/mol. The second kappa shape index (κ2) is 4.98. The molecule has 1 heterocycles. The Morgan fingerprint density at radius 1 is 1.39 bits per heavy atom. The molecule has 0 spiro atoms. The van der Waals surface area contributed by atoms with Gasteiger partial charge in [0.2, 0.25) is 0 Å². The van der Waals surface area contributed by atoms with Gasteiger partial charge in [-0.15, -0.1) is 0 Å². The molecule has 2 atom stereocenters. The first kappa shape index (κ1) is 12.1. The van der Waals surface area contributed by atoms with Crippen molar-refractivity contribution in [3.05, 3.63) is 35.1 Å². The van der Waals surface area contributed by atoms with Gasteiger partial charge in [-0.05, 0) is 49.5 Å². The molecule has 18 heavy (non-hydrogen) atoms. The highest BCUT2D eigenvalue weighted by Gasteiger charge is 2.33. The molecule has 1 aromatic carbocycles. The van der Waals surface area contributed by atoms with E-state index in [1.807, 2.05) is 6.07 Å². The lowest BCUT2D eigenvalue weighted by Gasteiger charge is -2.33. The average Bonchev–Trinajstić information content (AvgIpc) is 3.01. The maximum absolute atomic E-state index is 13.8. The summed E-state index contributed by atoms with van der Waals surface area (Å²) in [5, 5.41) is 3.43. The van der Waals surface area contributed by atoms with Crippen molar-refractivity contribution in [3.63, 3.8) is 0 Å². The van der Waals surface area contributed by atoms with Crippen LogP contribution in [0.25, 0.3) is 0 Å². The van der Waals surface area contributed by atoms with Gasteiger partial charge < -0.3 is 5.32 Å². The molecule has 2 nitrogen and oxygen atoms in total. The van der Waals surface area contributed by atoms with Crippen LogP contribution in [-0.2, 0) is 6.42 Å². The highest BCUT2D eigenvalue weighted by atomic mass is 19.1. The van der Waals surface area contributed by atoms with Crippen LogP contribution in [0.5, 0.6) is 0 Å². The van der Waals surface area contributed by atoms with Crippen molar-refractivity contribution in [2.45, 2.75) is 38.3 Å². The number of hydrogen-bond acceptors (Lipinski definition) is 2. The van der Waals surface area contributed by atoms with E-state index in [-0.39, 0.29) is 5.82 Å². The summed E-state index contributed by atoms with van der Waals surface area (Å²) in [4.78, 5) is 2.56. The van der Waals surface area contributed by atoms with Crippen molar-refractivity contribution in [3.8, 4) is 0 Å². The van der Waals surface area contributed by atoms with Gasteiger partial charge in [0.25, 0.3) is 0 Å². The second-order valence-corrected chi connectivity index (χ2v) is 5.34. The Morgan fingerprint density at radius 2 is 2.28 bits per heavy atom. The third kappa shape index (κ3) is 1.95. The van der Waals surface area contributed by atoms with Gasteiger partial charge in [-0.2, -0.15) is 0 Å². The molecule has 1 fully saturated rings. The van der Waals surface area contributed by atoms with E-state index in [2.05, 4.69) is 23.2 Å². The Kier molecular flexibility index (Phi) is 3.35. The molecule has 0 amide bonds. The summed E-state index contributed by atoms with van der Waals surface area (Å²) in [5.74, 6) is -0.0180. The van der Waals surface area contributed by atoms with E-state index in [0.717, 1.165) is 38.0 Å². The van der Waals surface area contributed by atoms with Gasteiger partial charge in [0.1, 0.15) is 5.82 Å². The van der Waals surface area contributed by atoms with E-state index in [1.54, 1.807) is 6.07 Å². The van der Waals surface area contributed by atoms with E-state index in [1.165, 1.54) is 12.0 Å². The lowest BCUT2D eigenvalue weighted by molar-refractivity contribution is 0.151. The van der Waals surface area contributed by atoms with Crippen molar-refractivity contribution in [1.82, 2.24) is 10.2 Å². The van der Waals surface area contributed by atoms with Crippen molar-refractivity contribution >= 4 is 0 Å². The quantitative estimate of drug-likeness (QED) is 0.884. The Balaban J connectivity index is 1.87. The van der Waals surface area contributed by atoms with Crippen molar-refractivity contribution in [1.29, 1.82) is 0 Å². The molecule has 3 rings (SSSR count). The number of halogens is 1. The molecule has 2 aliphatic rings. The Morgan fingerprint density at radius 3 is 3.00 bits per heavy atom. The third-order valence-corrected chi connectivity index (χ3v) is 4.45. The first-order valence-corrected chi connectivity index (χ1v) is 7.05. The summed E-state index contributed by atoms with van der Waals surface area (Å²) in [6.45, 7) is 5.46. The predicted octanol–water partition coefficient (Wildman–Crippen LogP) is 2.50. The summed E-state index contributed by atoms with van der Waals surface area (Å²) >= 11 is 0. The van der Waals surface area contributed by atoms with Crippen LogP contribution in [0.15, 0.2) is 18.2 Å². The minimum atomic E-state index is -0.0180. The van der Waals surface area contributed by atoms with Crippen LogP contribution in [0, 0.1) is 5.82 Å². The number of likely N-dealkylation sites (N-methyl/N-ethyl adjacent to an activating group) is 1. The molecule has 0 bridgehead atoms. The summed E-state index contributed by atoms with van der Waals surface area (Å²) < 4.78 is 13.8. The summed E-state index contributed by atoms with van der Waals surface area (Å²) in [5.41, 5.74) is 2.18. The van der Waals surface area contributed by atoms with Crippen molar-refractivity contribution in [2.75, 3.05) is 19.6 Å². The lowest BCUT2D eigenvalue weighted by atomic mass is 10.0. The minimum absolute atomic E-state index is 0.0180. The first-order chi connectivity index (χ1) is 8.81. The molecule has 3 heteroatoms. The summed E-state index contributed by atoms with van der Waals surface area (Å²) in [6, 6.07) is 6.60. The topological polar surface area (TPSA) is 15.3 Å². The number of hydrogen-bond donors (Lipinski definition) is 1. The molecule has 0 saturated carbocycles. The molecule has 98 valence electrons. The van der Waals surface area contributed by atoms with E-state index >= 15 is 0 Å². The molecular weight excluding hydrogens is 227 g/mol. The first-order valence-electron chi connectivity index (χ1n) is 7.05. The maximum atomic E-state index is 13.8. The van der Waals surface area contributed by atoms with E-state index in [0.29, 0.717) is 12.1 Å². The third-order valence-electron chi connectivity index (χ3n) is 4.45. The Bertz CT molecular complexity index is 427. The second-order valence-electron chi connectivity index (χ2n) is 5.34. The standard InChI is InChI=1S/C15H21FN2/c1-2-18(11-8-9-17-10-11)15-7-6-12-13(15)4-3-5-14(12)16/h3-5,11,15,17H,2,6-10H2,1H3. The molecular formula is C15H21FN2. The fourth-order valence-electron chi connectivity index (χ4n) is 3.59. The van der Waals surface area contributed by atoms with Crippen LogP contribution >= 0.6 is 0 Å². The van der Waals surface area contributed by atoms with Crippen molar-refractivity contribution < 1.29 is 4.39 Å².